The fourth-order valence-electron chi connectivity index (χ4n) is 12.4. The molecule has 0 unspecified atom stereocenters. The highest BCUT2D eigenvalue weighted by atomic mass is 16.6. The van der Waals surface area contributed by atoms with Gasteiger partial charge >= 0.3 is 11.9 Å². The zero-order chi connectivity index (χ0) is 48.3. The van der Waals surface area contributed by atoms with Crippen LogP contribution < -0.4 is 31.1 Å². The molecule has 0 aliphatic carbocycles. The number of carbonyl (C=O) groups excluding carboxylic acids is 2. The van der Waals surface area contributed by atoms with E-state index < -0.39 is 11.9 Å². The van der Waals surface area contributed by atoms with Crippen LogP contribution in [0.4, 0.5) is 11.9 Å². The average molecular weight is 930 g/mol. The number of anilines is 2. The second-order valence-corrected chi connectivity index (χ2v) is 25.5. The van der Waals surface area contributed by atoms with Gasteiger partial charge in [-0.25, -0.2) is 0 Å². The Balaban J connectivity index is 0.000000461. The fourth-order valence-corrected chi connectivity index (χ4v) is 12.4. The summed E-state index contributed by atoms with van der Waals surface area (Å²) in [5.74, 6) is 1.56. The summed E-state index contributed by atoms with van der Waals surface area (Å²) in [6.45, 7) is 44.0. The first kappa shape index (κ1) is 59.5. The topological polar surface area (TPSA) is 146 Å². The zero-order valence-corrected chi connectivity index (χ0v) is 44.3. The quantitative estimate of drug-likeness (QED) is 0.104. The third-order valence-electron chi connectivity index (χ3n) is 13.2. The van der Waals surface area contributed by atoms with Crippen molar-refractivity contribution in [2.75, 3.05) is 22.9 Å². The maximum absolute atomic E-state index is 12.3. The van der Waals surface area contributed by atoms with Gasteiger partial charge in [0.2, 0.25) is 11.9 Å². The van der Waals surface area contributed by atoms with Crippen LogP contribution in [0.5, 0.6) is 0 Å². The summed E-state index contributed by atoms with van der Waals surface area (Å²) in [6.07, 6.45) is 11.1. The number of unbranched alkanes of at least 4 members (excludes halogenated alkanes) is 2. The highest BCUT2D eigenvalue weighted by Gasteiger charge is 2.44. The molecule has 0 amide bonds. The summed E-state index contributed by atoms with van der Waals surface area (Å²) >= 11 is 0. The molecule has 5 heterocycles. The van der Waals surface area contributed by atoms with Gasteiger partial charge in [0.05, 0.1) is 0 Å². The number of nitrogens with one attached hydrogen (secondary N) is 4. The van der Waals surface area contributed by atoms with E-state index in [1.807, 2.05) is 6.92 Å². The SMILES string of the molecule is C.C.CC1(C)CC(OC(=O)CC(=O)OC2CC(C)(C)NC(C)(C)C2)CC(C)(C)N1.CCCCN(c1nc(C)nc(N(CCCC)C2CC(C)(C)NC(C)(C)C2)n1)C1CC(C)(C)NC(C)(C)C1. The molecule has 13 nitrogen and oxygen atoms in total. The predicted octanol–water partition coefficient (Wildman–Crippen LogP) is 10.4. The summed E-state index contributed by atoms with van der Waals surface area (Å²) in [5, 5.41) is 14.8. The molecule has 384 valence electrons. The first-order chi connectivity index (χ1) is 29.1. The smallest absolute Gasteiger partial charge is 0.317 e. The van der Waals surface area contributed by atoms with Crippen molar-refractivity contribution in [1.29, 1.82) is 0 Å². The molecule has 4 fully saturated rings. The van der Waals surface area contributed by atoms with Crippen molar-refractivity contribution in [2.24, 2.45) is 0 Å². The van der Waals surface area contributed by atoms with E-state index in [9.17, 15) is 9.59 Å². The van der Waals surface area contributed by atoms with Crippen molar-refractivity contribution >= 4 is 23.8 Å². The molecule has 0 spiro atoms. The molecule has 0 aromatic carbocycles. The molecule has 4 saturated heterocycles. The Morgan fingerprint density at radius 2 is 0.742 bits per heavy atom. The lowest BCUT2D eigenvalue weighted by Gasteiger charge is -2.50. The Bertz CT molecular complexity index is 1540. The van der Waals surface area contributed by atoms with Gasteiger partial charge in [-0.1, -0.05) is 41.5 Å². The molecule has 0 bridgehead atoms. The van der Waals surface area contributed by atoms with Crippen LogP contribution in [-0.4, -0.2) is 109 Å². The molecule has 13 heteroatoms. The maximum atomic E-state index is 12.3. The van der Waals surface area contributed by atoms with Crippen LogP contribution in [-0.2, 0) is 19.1 Å². The lowest BCUT2D eigenvalue weighted by molar-refractivity contribution is -0.164. The number of carbonyl (C=O) groups is 2. The van der Waals surface area contributed by atoms with Gasteiger partial charge in [-0.2, -0.15) is 15.0 Å². The molecule has 5 rings (SSSR count). The van der Waals surface area contributed by atoms with Crippen molar-refractivity contribution in [1.82, 2.24) is 36.2 Å². The second-order valence-electron chi connectivity index (χ2n) is 25.5. The third-order valence-corrected chi connectivity index (χ3v) is 13.2. The number of aryl methyl sites for hydroxylation is 1. The minimum atomic E-state index is -0.494. The van der Waals surface area contributed by atoms with E-state index in [4.69, 9.17) is 24.4 Å². The van der Waals surface area contributed by atoms with Gasteiger partial charge in [-0.05, 0) is 156 Å². The Hall–Kier alpha value is -2.61. The van der Waals surface area contributed by atoms with E-state index in [1.54, 1.807) is 0 Å². The van der Waals surface area contributed by atoms with Gasteiger partial charge in [0.25, 0.3) is 0 Å². The van der Waals surface area contributed by atoms with Crippen LogP contribution in [0.2, 0.25) is 0 Å². The second kappa shape index (κ2) is 22.4. The van der Waals surface area contributed by atoms with E-state index in [2.05, 4.69) is 156 Å². The minimum absolute atomic E-state index is 0. The Morgan fingerprint density at radius 3 is 1.00 bits per heavy atom. The number of esters is 2. The van der Waals surface area contributed by atoms with Crippen LogP contribution in [0, 0.1) is 6.92 Å². The van der Waals surface area contributed by atoms with Gasteiger partial charge in [0, 0.05) is 95.2 Å². The number of ether oxygens (including phenoxy) is 2. The van der Waals surface area contributed by atoms with Crippen molar-refractivity contribution in [3.8, 4) is 0 Å². The lowest BCUT2D eigenvalue weighted by atomic mass is 9.79. The van der Waals surface area contributed by atoms with Gasteiger partial charge < -0.3 is 40.5 Å². The maximum Gasteiger partial charge on any atom is 0.317 e. The van der Waals surface area contributed by atoms with Crippen molar-refractivity contribution in [3.63, 3.8) is 0 Å². The Morgan fingerprint density at radius 1 is 0.485 bits per heavy atom. The van der Waals surface area contributed by atoms with Crippen LogP contribution >= 0.6 is 0 Å². The minimum Gasteiger partial charge on any atom is -0.462 e. The summed E-state index contributed by atoms with van der Waals surface area (Å²) in [4.78, 5) is 44.8. The molecule has 0 atom stereocenters. The molecule has 1 aromatic heterocycles. The first-order valence-corrected chi connectivity index (χ1v) is 24.9. The molecular weight excluding hydrogens is 827 g/mol. The molecule has 0 saturated carbocycles. The molecular formula is C53H103N9O4. The third kappa shape index (κ3) is 18.7. The molecule has 4 aliphatic rings. The predicted molar refractivity (Wildman–Crippen MR) is 277 cm³/mol. The summed E-state index contributed by atoms with van der Waals surface area (Å²) in [6, 6.07) is 0.793. The van der Waals surface area contributed by atoms with Crippen LogP contribution in [0.15, 0.2) is 0 Å². The number of nitrogens with zero attached hydrogens (tertiary/aromatic N) is 5. The lowest BCUT2D eigenvalue weighted by Crippen LogP contribution is -2.63. The van der Waals surface area contributed by atoms with Gasteiger partial charge in [0.15, 0.2) is 0 Å². The zero-order valence-electron chi connectivity index (χ0n) is 44.3. The molecule has 4 N–H and O–H groups in total. The van der Waals surface area contributed by atoms with E-state index >= 15 is 0 Å². The van der Waals surface area contributed by atoms with Crippen molar-refractivity contribution in [2.45, 2.75) is 298 Å². The van der Waals surface area contributed by atoms with Crippen LogP contribution in [0.25, 0.3) is 0 Å². The Labute approximate surface area is 405 Å². The number of piperidine rings is 4. The molecule has 1 aromatic rings. The van der Waals surface area contributed by atoms with Gasteiger partial charge in [-0.15, -0.1) is 0 Å². The van der Waals surface area contributed by atoms with Crippen LogP contribution in [0.1, 0.15) is 229 Å². The summed E-state index contributed by atoms with van der Waals surface area (Å²) in [7, 11) is 0. The average Bonchev–Trinajstić information content (AvgIpc) is 3.03. The summed E-state index contributed by atoms with van der Waals surface area (Å²) < 4.78 is 11.2. The van der Waals surface area contributed by atoms with Crippen molar-refractivity contribution < 1.29 is 19.1 Å². The highest BCUT2D eigenvalue weighted by molar-refractivity contribution is 5.91. The van der Waals surface area contributed by atoms with Gasteiger partial charge in [0.1, 0.15) is 24.5 Å². The van der Waals surface area contributed by atoms with E-state index in [1.165, 1.54) is 0 Å². The summed E-state index contributed by atoms with van der Waals surface area (Å²) in [5.41, 5.74) is -0.164. The fraction of sp³-hybridized carbons (Fsp3) is 0.906. The number of aromatic nitrogens is 3. The van der Waals surface area contributed by atoms with E-state index in [0.29, 0.717) is 12.1 Å². The number of hydrogen-bond acceptors (Lipinski definition) is 13. The molecule has 4 aliphatic heterocycles. The molecule has 66 heavy (non-hydrogen) atoms. The van der Waals surface area contributed by atoms with Crippen molar-refractivity contribution in [3.05, 3.63) is 5.82 Å². The monoisotopic (exact) mass is 930 g/mol. The standard InChI is InChI=1S/C30H57N7.C21H38N2O4.2CH4/c1-12-14-16-36(23-18-27(4,5)34-28(6,7)19-23)25-31-22(3)32-26(33-25)37(17-15-13-2)24-20-29(8,9)35-30(10,11)21-24;1-18(2)10-14(11-19(3,4)22-18)26-16(24)9-17(25)27-15-12-20(5,6)23-21(7,8)13-15;;/h23-24,34-35H,12-21H2,1-11H3;14-15,22-23H,9-13H2,1-8H3;2*1H4. The first-order valence-electron chi connectivity index (χ1n) is 24.9. The number of hydrogen-bond donors (Lipinski definition) is 4. The largest absolute Gasteiger partial charge is 0.462 e. The van der Waals surface area contributed by atoms with Gasteiger partial charge in [-0.3, -0.25) is 9.59 Å². The van der Waals surface area contributed by atoms with E-state index in [0.717, 1.165) is 108 Å². The number of rotatable bonds is 14. The Kier molecular flexibility index (Phi) is 20.2. The molecule has 0 radical (unpaired) electrons. The highest BCUT2D eigenvalue weighted by Crippen LogP contribution is 2.37. The normalized spacial score (nSPS) is 24.0. The van der Waals surface area contributed by atoms with E-state index in [-0.39, 0.29) is 77.8 Å². The van der Waals surface area contributed by atoms with Crippen LogP contribution in [0.3, 0.4) is 0 Å².